The van der Waals surface area contributed by atoms with Gasteiger partial charge in [-0.25, -0.2) is 0 Å². The van der Waals surface area contributed by atoms with Crippen LogP contribution in [0.3, 0.4) is 0 Å². The number of piperazine rings is 1. The molecule has 0 aromatic heterocycles. The third kappa shape index (κ3) is 3.25. The molecule has 1 heterocycles. The third-order valence-corrected chi connectivity index (χ3v) is 4.17. The standard InChI is InChI=1S/C15H21ClN2O2/c1-3-13(15(19)20)17-6-8-18(9-7-17)14-10-12(16)5-4-11(14)2/h4-5,10,13H,3,6-9H2,1-2H3,(H,19,20)/t13-/m1/s1. The number of hydrogen-bond donors (Lipinski definition) is 1. The Morgan fingerprint density at radius 2 is 2.00 bits per heavy atom. The highest BCUT2D eigenvalue weighted by Gasteiger charge is 2.27. The number of carboxylic acid groups (broad SMARTS) is 1. The number of aryl methyl sites for hydroxylation is 1. The molecule has 1 atom stereocenters. The molecule has 1 aliphatic heterocycles. The van der Waals surface area contributed by atoms with Gasteiger partial charge in [-0.15, -0.1) is 0 Å². The molecule has 1 aromatic rings. The first-order valence-corrected chi connectivity index (χ1v) is 7.38. The fourth-order valence-electron chi connectivity index (χ4n) is 2.79. The predicted octanol–water partition coefficient (Wildman–Crippen LogP) is 2.63. The molecule has 20 heavy (non-hydrogen) atoms. The molecule has 110 valence electrons. The number of nitrogens with zero attached hydrogens (tertiary/aromatic N) is 2. The highest BCUT2D eigenvalue weighted by atomic mass is 35.5. The topological polar surface area (TPSA) is 43.8 Å². The van der Waals surface area contributed by atoms with E-state index in [2.05, 4.69) is 16.7 Å². The maximum absolute atomic E-state index is 11.2. The summed E-state index contributed by atoms with van der Waals surface area (Å²) in [6.07, 6.45) is 0.644. The fourth-order valence-corrected chi connectivity index (χ4v) is 2.95. The monoisotopic (exact) mass is 296 g/mol. The minimum atomic E-state index is -0.722. The van der Waals surface area contributed by atoms with Crippen LogP contribution in [0.15, 0.2) is 18.2 Å². The summed E-state index contributed by atoms with van der Waals surface area (Å²) >= 11 is 6.06. The minimum absolute atomic E-state index is 0.363. The fraction of sp³-hybridized carbons (Fsp3) is 0.533. The van der Waals surface area contributed by atoms with Gasteiger partial charge in [-0.2, -0.15) is 0 Å². The summed E-state index contributed by atoms with van der Waals surface area (Å²) in [6, 6.07) is 5.54. The highest BCUT2D eigenvalue weighted by Crippen LogP contribution is 2.25. The number of rotatable bonds is 4. The van der Waals surface area contributed by atoms with E-state index in [4.69, 9.17) is 11.6 Å². The Bertz CT molecular complexity index is 485. The van der Waals surface area contributed by atoms with Crippen LogP contribution < -0.4 is 4.90 Å². The molecule has 0 aliphatic carbocycles. The molecule has 0 saturated carbocycles. The molecule has 0 amide bonds. The molecule has 0 spiro atoms. The lowest BCUT2D eigenvalue weighted by Crippen LogP contribution is -2.52. The van der Waals surface area contributed by atoms with Crippen molar-refractivity contribution in [1.29, 1.82) is 0 Å². The van der Waals surface area contributed by atoms with Gasteiger partial charge in [0.05, 0.1) is 0 Å². The normalized spacial score (nSPS) is 18.1. The summed E-state index contributed by atoms with van der Waals surface area (Å²) in [7, 11) is 0. The van der Waals surface area contributed by atoms with Crippen LogP contribution in [0.2, 0.25) is 5.02 Å². The van der Waals surface area contributed by atoms with Gasteiger partial charge >= 0.3 is 5.97 Å². The van der Waals surface area contributed by atoms with Crippen molar-refractivity contribution in [2.45, 2.75) is 26.3 Å². The van der Waals surface area contributed by atoms with Crippen LogP contribution in [0.1, 0.15) is 18.9 Å². The van der Waals surface area contributed by atoms with Gasteiger partial charge in [-0.05, 0) is 31.0 Å². The second kappa shape index (κ2) is 6.46. The zero-order valence-corrected chi connectivity index (χ0v) is 12.7. The Morgan fingerprint density at radius 1 is 1.35 bits per heavy atom. The molecular formula is C15H21ClN2O2. The molecular weight excluding hydrogens is 276 g/mol. The van der Waals surface area contributed by atoms with Gasteiger partial charge < -0.3 is 10.0 Å². The van der Waals surface area contributed by atoms with Gasteiger partial charge in [-0.1, -0.05) is 24.6 Å². The summed E-state index contributed by atoms with van der Waals surface area (Å²) in [5.74, 6) is -0.722. The van der Waals surface area contributed by atoms with Crippen molar-refractivity contribution >= 4 is 23.3 Å². The van der Waals surface area contributed by atoms with Gasteiger partial charge in [0, 0.05) is 36.9 Å². The number of carbonyl (C=O) groups is 1. The van der Waals surface area contributed by atoms with Crippen LogP contribution >= 0.6 is 11.6 Å². The van der Waals surface area contributed by atoms with E-state index >= 15 is 0 Å². The molecule has 1 N–H and O–H groups in total. The SMILES string of the molecule is CC[C@H](C(=O)O)N1CCN(c2cc(Cl)ccc2C)CC1. The first-order valence-electron chi connectivity index (χ1n) is 7.01. The number of benzene rings is 1. The van der Waals surface area contributed by atoms with Gasteiger partial charge in [0.15, 0.2) is 0 Å². The van der Waals surface area contributed by atoms with Gasteiger partial charge in [-0.3, -0.25) is 9.69 Å². The molecule has 1 aromatic carbocycles. The van der Waals surface area contributed by atoms with Gasteiger partial charge in [0.25, 0.3) is 0 Å². The second-order valence-corrected chi connectivity index (χ2v) is 5.65. The maximum atomic E-state index is 11.2. The van der Waals surface area contributed by atoms with Gasteiger partial charge in [0.2, 0.25) is 0 Å². The van der Waals surface area contributed by atoms with Crippen molar-refractivity contribution in [1.82, 2.24) is 4.90 Å². The Morgan fingerprint density at radius 3 is 2.55 bits per heavy atom. The first-order chi connectivity index (χ1) is 9.52. The summed E-state index contributed by atoms with van der Waals surface area (Å²) < 4.78 is 0. The van der Waals surface area contributed by atoms with Crippen LogP contribution in [0.25, 0.3) is 0 Å². The lowest BCUT2D eigenvalue weighted by molar-refractivity contribution is -0.143. The lowest BCUT2D eigenvalue weighted by Gasteiger charge is -2.39. The number of aliphatic carboxylic acids is 1. The summed E-state index contributed by atoms with van der Waals surface area (Å²) in [5.41, 5.74) is 2.36. The van der Waals surface area contributed by atoms with Gasteiger partial charge in [0.1, 0.15) is 6.04 Å². The molecule has 1 aliphatic rings. The number of hydrogen-bond acceptors (Lipinski definition) is 3. The van der Waals surface area contributed by atoms with E-state index in [9.17, 15) is 9.90 Å². The van der Waals surface area contributed by atoms with Crippen LogP contribution in [-0.2, 0) is 4.79 Å². The number of anilines is 1. The van der Waals surface area contributed by atoms with E-state index in [1.165, 1.54) is 5.56 Å². The Labute approximate surface area is 124 Å². The lowest BCUT2D eigenvalue weighted by atomic mass is 10.1. The third-order valence-electron chi connectivity index (χ3n) is 3.94. The molecule has 0 unspecified atom stereocenters. The molecule has 4 nitrogen and oxygen atoms in total. The number of halogens is 1. The van der Waals surface area contributed by atoms with Crippen molar-refractivity contribution in [3.05, 3.63) is 28.8 Å². The zero-order chi connectivity index (χ0) is 14.7. The molecule has 1 fully saturated rings. The summed E-state index contributed by atoms with van der Waals surface area (Å²) in [5, 5.41) is 9.96. The van der Waals surface area contributed by atoms with Crippen LogP contribution in [0.5, 0.6) is 0 Å². The van der Waals surface area contributed by atoms with Crippen LogP contribution in [0, 0.1) is 6.92 Å². The Kier molecular flexibility index (Phi) is 4.89. The van der Waals surface area contributed by atoms with Crippen molar-refractivity contribution < 1.29 is 9.90 Å². The van der Waals surface area contributed by atoms with Crippen LogP contribution in [0.4, 0.5) is 5.69 Å². The van der Waals surface area contributed by atoms with Crippen molar-refractivity contribution in [3.63, 3.8) is 0 Å². The Balaban J connectivity index is 2.04. The predicted molar refractivity (Wildman–Crippen MR) is 81.7 cm³/mol. The minimum Gasteiger partial charge on any atom is -0.480 e. The second-order valence-electron chi connectivity index (χ2n) is 5.22. The van der Waals surface area contributed by atoms with E-state index in [1.54, 1.807) is 0 Å². The largest absolute Gasteiger partial charge is 0.480 e. The van der Waals surface area contributed by atoms with Crippen molar-refractivity contribution in [2.24, 2.45) is 0 Å². The Hall–Kier alpha value is -1.26. The van der Waals surface area contributed by atoms with E-state index in [1.807, 2.05) is 25.1 Å². The van der Waals surface area contributed by atoms with Crippen molar-refractivity contribution in [2.75, 3.05) is 31.1 Å². The maximum Gasteiger partial charge on any atom is 0.320 e. The summed E-state index contributed by atoms with van der Waals surface area (Å²) in [6.45, 7) is 7.22. The average molecular weight is 297 g/mol. The van der Waals surface area contributed by atoms with E-state index < -0.39 is 5.97 Å². The number of carboxylic acids is 1. The average Bonchev–Trinajstić information content (AvgIpc) is 2.43. The highest BCUT2D eigenvalue weighted by molar-refractivity contribution is 6.30. The first kappa shape index (κ1) is 15.1. The van der Waals surface area contributed by atoms with Crippen molar-refractivity contribution in [3.8, 4) is 0 Å². The van der Waals surface area contributed by atoms with E-state index in [0.29, 0.717) is 6.42 Å². The quantitative estimate of drug-likeness (QED) is 0.928. The molecule has 5 heteroatoms. The molecule has 0 radical (unpaired) electrons. The smallest absolute Gasteiger partial charge is 0.320 e. The van der Waals surface area contributed by atoms with Crippen LogP contribution in [-0.4, -0.2) is 48.2 Å². The molecule has 1 saturated heterocycles. The van der Waals surface area contributed by atoms with E-state index in [-0.39, 0.29) is 6.04 Å². The zero-order valence-electron chi connectivity index (χ0n) is 12.0. The summed E-state index contributed by atoms with van der Waals surface area (Å²) in [4.78, 5) is 15.5. The molecule has 2 rings (SSSR count). The van der Waals surface area contributed by atoms with E-state index in [0.717, 1.165) is 36.9 Å². The molecule has 0 bridgehead atoms.